The molecule has 1 atom stereocenters. The molecule has 0 saturated carbocycles. The molecular weight excluding hydrogens is 402 g/mol. The lowest BCUT2D eigenvalue weighted by Crippen LogP contribution is -2.34. The van der Waals surface area contributed by atoms with Gasteiger partial charge in [0.1, 0.15) is 5.82 Å². The topological polar surface area (TPSA) is 83.9 Å². The molecule has 0 saturated heterocycles. The van der Waals surface area contributed by atoms with Crippen LogP contribution in [-0.4, -0.2) is 44.1 Å². The fraction of sp³-hybridized carbons (Fsp3) is 0.440. The number of nitrogens with one attached hydrogen (secondary N) is 1. The number of hydrogen-bond donors (Lipinski definition) is 1. The Morgan fingerprint density at radius 1 is 1.19 bits per heavy atom. The van der Waals surface area contributed by atoms with E-state index in [4.69, 9.17) is 4.98 Å². The molecule has 1 N–H and O–H groups in total. The molecule has 1 amide bonds. The van der Waals surface area contributed by atoms with E-state index >= 15 is 0 Å². The maximum atomic E-state index is 13.2. The van der Waals surface area contributed by atoms with Crippen LogP contribution in [0.2, 0.25) is 0 Å². The van der Waals surface area contributed by atoms with Crippen LogP contribution < -0.4 is 5.56 Å². The molecule has 0 bridgehead atoms. The zero-order valence-electron chi connectivity index (χ0n) is 19.3. The van der Waals surface area contributed by atoms with E-state index in [1.54, 1.807) is 0 Å². The van der Waals surface area contributed by atoms with E-state index in [1.165, 1.54) is 5.56 Å². The number of H-pyrrole nitrogens is 1. The lowest BCUT2D eigenvalue weighted by atomic mass is 9.98. The number of rotatable bonds is 5. The van der Waals surface area contributed by atoms with Crippen molar-refractivity contribution in [3.8, 4) is 11.4 Å². The summed E-state index contributed by atoms with van der Waals surface area (Å²) in [5.74, 6) is 0.653. The average Bonchev–Trinajstić information content (AvgIpc) is 2.94. The number of amides is 1. The van der Waals surface area contributed by atoms with Crippen molar-refractivity contribution in [3.05, 3.63) is 68.9 Å². The average molecular weight is 434 g/mol. The second-order valence-corrected chi connectivity index (χ2v) is 8.76. The van der Waals surface area contributed by atoms with E-state index in [1.807, 2.05) is 60.9 Å². The molecule has 3 aromatic rings. The molecule has 168 valence electrons. The quantitative estimate of drug-likeness (QED) is 0.627. The first kappa shape index (κ1) is 22.0. The van der Waals surface area contributed by atoms with E-state index in [9.17, 15) is 9.59 Å². The summed E-state index contributed by atoms with van der Waals surface area (Å²) in [5, 5.41) is 4.47. The first-order chi connectivity index (χ1) is 15.3. The number of hydrogen-bond acceptors (Lipinski definition) is 4. The summed E-state index contributed by atoms with van der Waals surface area (Å²) < 4.78 is 1.89. The molecule has 4 rings (SSSR count). The van der Waals surface area contributed by atoms with Crippen LogP contribution in [0.1, 0.15) is 41.1 Å². The molecule has 1 unspecified atom stereocenters. The summed E-state index contributed by atoms with van der Waals surface area (Å²) in [5.41, 5.74) is 5.74. The number of aryl methyl sites for hydroxylation is 3. The number of aromatic amines is 1. The molecule has 7 nitrogen and oxygen atoms in total. The van der Waals surface area contributed by atoms with Crippen molar-refractivity contribution in [3.63, 3.8) is 0 Å². The number of fused-ring (bicyclic) bond motifs is 1. The van der Waals surface area contributed by atoms with Crippen LogP contribution in [0.4, 0.5) is 0 Å². The molecule has 0 radical (unpaired) electrons. The van der Waals surface area contributed by atoms with Crippen LogP contribution >= 0.6 is 0 Å². The highest BCUT2D eigenvalue weighted by Crippen LogP contribution is 2.25. The second kappa shape index (κ2) is 9.10. The van der Waals surface area contributed by atoms with Crippen molar-refractivity contribution >= 4 is 5.91 Å². The fourth-order valence-corrected chi connectivity index (χ4v) is 4.64. The van der Waals surface area contributed by atoms with Gasteiger partial charge < -0.3 is 9.88 Å². The van der Waals surface area contributed by atoms with Crippen LogP contribution in [-0.2, 0) is 31.1 Å². The lowest BCUT2D eigenvalue weighted by molar-refractivity contribution is -0.134. The molecule has 7 heteroatoms. The van der Waals surface area contributed by atoms with Gasteiger partial charge in [-0.2, -0.15) is 5.10 Å². The summed E-state index contributed by atoms with van der Waals surface area (Å²) in [4.78, 5) is 35.4. The Balaban J connectivity index is 1.44. The maximum Gasteiger partial charge on any atom is 0.254 e. The van der Waals surface area contributed by atoms with Crippen LogP contribution in [0.15, 0.2) is 35.1 Å². The van der Waals surface area contributed by atoms with Gasteiger partial charge in [-0.1, -0.05) is 30.3 Å². The number of carbonyl (C=O) groups excluding carboxylic acids is 1. The van der Waals surface area contributed by atoms with Gasteiger partial charge in [-0.3, -0.25) is 14.3 Å². The molecule has 1 aromatic carbocycles. The van der Waals surface area contributed by atoms with Gasteiger partial charge in [0.2, 0.25) is 5.91 Å². The minimum absolute atomic E-state index is 0.0853. The molecule has 2 aromatic heterocycles. The standard InChI is InChI=1S/C25H31N5O2/c1-16-20(17(2)30(4)28-16)14-15-29(3)25(32)19-10-12-21-22(13-11-19)26-23(27-24(21)31)18-8-6-5-7-9-18/h5-9,19H,10-15H2,1-4H3,(H,26,27,31). The largest absolute Gasteiger partial charge is 0.345 e. The van der Waals surface area contributed by atoms with Crippen LogP contribution in [0.3, 0.4) is 0 Å². The van der Waals surface area contributed by atoms with E-state index in [0.717, 1.165) is 34.6 Å². The smallest absolute Gasteiger partial charge is 0.254 e. The van der Waals surface area contributed by atoms with Gasteiger partial charge >= 0.3 is 0 Å². The zero-order valence-corrected chi connectivity index (χ0v) is 19.3. The molecule has 0 aliphatic heterocycles. The Bertz CT molecular complexity index is 1180. The highest BCUT2D eigenvalue weighted by atomic mass is 16.2. The van der Waals surface area contributed by atoms with Gasteiger partial charge in [0.05, 0.1) is 11.4 Å². The number of carbonyl (C=O) groups is 1. The predicted octanol–water partition coefficient (Wildman–Crippen LogP) is 2.98. The van der Waals surface area contributed by atoms with Crippen LogP contribution in [0.25, 0.3) is 11.4 Å². The number of benzene rings is 1. The SMILES string of the molecule is Cc1nn(C)c(C)c1CCN(C)C(=O)C1CCc2nc(-c3ccccc3)[nH]c(=O)c2CC1. The van der Waals surface area contributed by atoms with E-state index in [-0.39, 0.29) is 17.4 Å². The summed E-state index contributed by atoms with van der Waals surface area (Å²) in [7, 11) is 3.82. The lowest BCUT2D eigenvalue weighted by Gasteiger charge is -2.23. The predicted molar refractivity (Wildman–Crippen MR) is 124 cm³/mol. The third-order valence-corrected chi connectivity index (χ3v) is 6.70. The van der Waals surface area contributed by atoms with Crippen LogP contribution in [0.5, 0.6) is 0 Å². The van der Waals surface area contributed by atoms with Crippen molar-refractivity contribution in [2.75, 3.05) is 13.6 Å². The van der Waals surface area contributed by atoms with Crippen molar-refractivity contribution in [2.24, 2.45) is 13.0 Å². The van der Waals surface area contributed by atoms with E-state index in [2.05, 4.69) is 17.0 Å². The Hall–Kier alpha value is -3.22. The molecule has 1 aliphatic carbocycles. The zero-order chi connectivity index (χ0) is 22.8. The summed E-state index contributed by atoms with van der Waals surface area (Å²) >= 11 is 0. The normalized spacial score (nSPS) is 15.8. The maximum absolute atomic E-state index is 13.2. The van der Waals surface area contributed by atoms with Crippen LogP contribution in [0, 0.1) is 19.8 Å². The highest BCUT2D eigenvalue weighted by molar-refractivity contribution is 5.78. The van der Waals surface area contributed by atoms with Crippen molar-refractivity contribution in [1.29, 1.82) is 0 Å². The summed E-state index contributed by atoms with van der Waals surface area (Å²) in [6.07, 6.45) is 3.41. The minimum Gasteiger partial charge on any atom is -0.345 e. The van der Waals surface area contributed by atoms with Gasteiger partial charge in [0.25, 0.3) is 5.56 Å². The number of likely N-dealkylation sites (N-methyl/N-ethyl adjacent to an activating group) is 1. The van der Waals surface area contributed by atoms with Gasteiger partial charge in [0, 0.05) is 43.4 Å². The Morgan fingerprint density at radius 2 is 1.91 bits per heavy atom. The fourth-order valence-electron chi connectivity index (χ4n) is 4.64. The Labute approximate surface area is 188 Å². The first-order valence-electron chi connectivity index (χ1n) is 11.3. The summed E-state index contributed by atoms with van der Waals surface area (Å²) in [6.45, 7) is 4.74. The van der Waals surface area contributed by atoms with Gasteiger partial charge in [-0.25, -0.2) is 4.98 Å². The third-order valence-electron chi connectivity index (χ3n) is 6.70. The highest BCUT2D eigenvalue weighted by Gasteiger charge is 2.27. The van der Waals surface area contributed by atoms with Crippen molar-refractivity contribution in [1.82, 2.24) is 24.6 Å². The number of nitrogens with zero attached hydrogens (tertiary/aromatic N) is 4. The van der Waals surface area contributed by atoms with Gasteiger partial charge in [0.15, 0.2) is 0 Å². The second-order valence-electron chi connectivity index (χ2n) is 8.76. The van der Waals surface area contributed by atoms with E-state index < -0.39 is 0 Å². The van der Waals surface area contributed by atoms with Crippen molar-refractivity contribution in [2.45, 2.75) is 46.0 Å². The molecule has 1 aliphatic rings. The third kappa shape index (κ3) is 4.38. The Kier molecular flexibility index (Phi) is 6.26. The molecule has 32 heavy (non-hydrogen) atoms. The van der Waals surface area contributed by atoms with Crippen molar-refractivity contribution < 1.29 is 4.79 Å². The molecule has 2 heterocycles. The Morgan fingerprint density at radius 3 is 2.59 bits per heavy atom. The number of aromatic nitrogens is 4. The molecule has 0 fully saturated rings. The first-order valence-corrected chi connectivity index (χ1v) is 11.3. The minimum atomic E-state index is -0.0927. The van der Waals surface area contributed by atoms with E-state index in [0.29, 0.717) is 38.1 Å². The summed E-state index contributed by atoms with van der Waals surface area (Å²) in [6, 6.07) is 9.68. The molecular formula is C25H31N5O2. The van der Waals surface area contributed by atoms with Gasteiger partial charge in [-0.15, -0.1) is 0 Å². The van der Waals surface area contributed by atoms with Gasteiger partial charge in [-0.05, 0) is 51.5 Å². The molecule has 0 spiro atoms. The monoisotopic (exact) mass is 433 g/mol.